The first-order valence-corrected chi connectivity index (χ1v) is 9.20. The largest absolute Gasteiger partial charge is 0.340 e. The van der Waals surface area contributed by atoms with Gasteiger partial charge in [-0.1, -0.05) is 41.7 Å². The van der Waals surface area contributed by atoms with Gasteiger partial charge in [-0.25, -0.2) is 0 Å². The summed E-state index contributed by atoms with van der Waals surface area (Å²) in [5.41, 5.74) is 2.25. The molecule has 0 aliphatic carbocycles. The number of carbonyl (C=O) groups is 1. The third-order valence-electron chi connectivity index (χ3n) is 4.50. The van der Waals surface area contributed by atoms with E-state index in [9.17, 15) is 9.59 Å². The van der Waals surface area contributed by atoms with Crippen LogP contribution in [0.1, 0.15) is 17.7 Å². The maximum atomic E-state index is 12.4. The van der Waals surface area contributed by atoms with Crippen LogP contribution in [0.5, 0.6) is 0 Å². The van der Waals surface area contributed by atoms with Crippen molar-refractivity contribution in [3.63, 3.8) is 0 Å². The molecule has 128 valence electrons. The van der Waals surface area contributed by atoms with E-state index in [1.165, 1.54) is 16.9 Å². The first kappa shape index (κ1) is 16.9. The highest BCUT2D eigenvalue weighted by atomic mass is 32.1. The average molecular weight is 345 g/mol. The number of benzene rings is 1. The first-order chi connectivity index (χ1) is 11.6. The van der Waals surface area contributed by atoms with E-state index in [0.717, 1.165) is 38.4 Å². The van der Waals surface area contributed by atoms with Gasteiger partial charge in [-0.3, -0.25) is 14.5 Å². The highest BCUT2D eigenvalue weighted by molar-refractivity contribution is 7.07. The number of amides is 1. The van der Waals surface area contributed by atoms with Crippen molar-refractivity contribution in [3.05, 3.63) is 56.6 Å². The lowest BCUT2D eigenvalue weighted by molar-refractivity contribution is -0.133. The van der Waals surface area contributed by atoms with Crippen molar-refractivity contribution < 1.29 is 4.79 Å². The van der Waals surface area contributed by atoms with Crippen molar-refractivity contribution in [1.82, 2.24) is 14.4 Å². The zero-order valence-corrected chi connectivity index (χ0v) is 14.8. The Kier molecular flexibility index (Phi) is 5.48. The summed E-state index contributed by atoms with van der Waals surface area (Å²) < 4.78 is 1.69. The van der Waals surface area contributed by atoms with Gasteiger partial charge in [0, 0.05) is 56.8 Å². The molecule has 1 fully saturated rings. The highest BCUT2D eigenvalue weighted by Crippen LogP contribution is 2.10. The Morgan fingerprint density at radius 1 is 1.12 bits per heavy atom. The van der Waals surface area contributed by atoms with E-state index in [2.05, 4.69) is 29.2 Å². The molecular formula is C18H23N3O2S. The Morgan fingerprint density at radius 2 is 1.83 bits per heavy atom. The third-order valence-corrected chi connectivity index (χ3v) is 5.38. The van der Waals surface area contributed by atoms with E-state index in [4.69, 9.17) is 0 Å². The zero-order chi connectivity index (χ0) is 16.9. The molecule has 0 spiro atoms. The van der Waals surface area contributed by atoms with Crippen LogP contribution in [-0.4, -0.2) is 46.5 Å². The topological polar surface area (TPSA) is 45.6 Å². The molecule has 3 rings (SSSR count). The molecule has 1 aromatic carbocycles. The van der Waals surface area contributed by atoms with Crippen LogP contribution in [0.3, 0.4) is 0 Å². The molecule has 0 radical (unpaired) electrons. The monoisotopic (exact) mass is 345 g/mol. The van der Waals surface area contributed by atoms with Crippen LogP contribution in [0.25, 0.3) is 0 Å². The minimum Gasteiger partial charge on any atom is -0.340 e. The van der Waals surface area contributed by atoms with Crippen molar-refractivity contribution in [1.29, 1.82) is 0 Å². The third kappa shape index (κ3) is 4.13. The van der Waals surface area contributed by atoms with Gasteiger partial charge < -0.3 is 9.47 Å². The maximum Gasteiger partial charge on any atom is 0.307 e. The second-order valence-corrected chi connectivity index (χ2v) is 7.01. The Bertz CT molecular complexity index is 730. The average Bonchev–Trinajstić information content (AvgIpc) is 2.92. The van der Waals surface area contributed by atoms with E-state index < -0.39 is 0 Å². The van der Waals surface area contributed by atoms with Gasteiger partial charge >= 0.3 is 4.87 Å². The molecular weight excluding hydrogens is 322 g/mol. The van der Waals surface area contributed by atoms with Gasteiger partial charge in [0.1, 0.15) is 0 Å². The van der Waals surface area contributed by atoms with Crippen molar-refractivity contribution in [3.8, 4) is 0 Å². The Labute approximate surface area is 146 Å². The van der Waals surface area contributed by atoms with Gasteiger partial charge in [-0.05, 0) is 12.5 Å². The Balaban J connectivity index is 1.46. The summed E-state index contributed by atoms with van der Waals surface area (Å²) in [6.07, 6.45) is 0.399. The molecule has 0 bridgehead atoms. The lowest BCUT2D eigenvalue weighted by Gasteiger charge is -2.34. The lowest BCUT2D eigenvalue weighted by atomic mass is 10.2. The summed E-state index contributed by atoms with van der Waals surface area (Å²) in [5, 5.41) is 1.84. The van der Waals surface area contributed by atoms with Gasteiger partial charge in [0.15, 0.2) is 0 Å². The molecule has 0 atom stereocenters. The van der Waals surface area contributed by atoms with E-state index in [1.807, 2.05) is 23.3 Å². The smallest absolute Gasteiger partial charge is 0.307 e. The molecule has 2 heterocycles. The fraction of sp³-hybridized carbons (Fsp3) is 0.444. The Morgan fingerprint density at radius 3 is 2.46 bits per heavy atom. The molecule has 5 nitrogen and oxygen atoms in total. The zero-order valence-electron chi connectivity index (χ0n) is 14.0. The highest BCUT2D eigenvalue weighted by Gasteiger charge is 2.21. The van der Waals surface area contributed by atoms with Crippen LogP contribution in [0.2, 0.25) is 0 Å². The molecule has 1 aromatic heterocycles. The van der Waals surface area contributed by atoms with Crippen LogP contribution in [0, 0.1) is 6.92 Å². The van der Waals surface area contributed by atoms with Gasteiger partial charge in [-0.2, -0.15) is 0 Å². The fourth-order valence-electron chi connectivity index (χ4n) is 3.04. The van der Waals surface area contributed by atoms with Crippen LogP contribution < -0.4 is 4.87 Å². The number of piperazine rings is 1. The number of hydrogen-bond acceptors (Lipinski definition) is 4. The SMILES string of the molecule is Cc1csc(=O)n1CCC(=O)N1CCN(Cc2ccccc2)CC1. The molecule has 0 unspecified atom stereocenters. The predicted molar refractivity (Wildman–Crippen MR) is 96.2 cm³/mol. The van der Waals surface area contributed by atoms with Crippen molar-refractivity contribution >= 4 is 17.2 Å². The van der Waals surface area contributed by atoms with Gasteiger partial charge in [0.25, 0.3) is 0 Å². The number of carbonyl (C=O) groups excluding carboxylic acids is 1. The Hall–Kier alpha value is -1.92. The van der Waals surface area contributed by atoms with E-state index in [1.54, 1.807) is 4.57 Å². The summed E-state index contributed by atoms with van der Waals surface area (Å²) >= 11 is 1.20. The standard InChI is InChI=1S/C18H23N3O2S/c1-15-14-24-18(23)21(15)8-7-17(22)20-11-9-19(10-12-20)13-16-5-3-2-4-6-16/h2-6,14H,7-13H2,1H3. The quantitative estimate of drug-likeness (QED) is 0.832. The van der Waals surface area contributed by atoms with Crippen LogP contribution in [-0.2, 0) is 17.9 Å². The van der Waals surface area contributed by atoms with Gasteiger partial charge in [-0.15, -0.1) is 0 Å². The number of rotatable bonds is 5. The second-order valence-electron chi connectivity index (χ2n) is 6.19. The summed E-state index contributed by atoms with van der Waals surface area (Å²) in [6.45, 7) is 6.66. The summed E-state index contributed by atoms with van der Waals surface area (Å²) in [7, 11) is 0. The molecule has 1 saturated heterocycles. The molecule has 1 aliphatic rings. The molecule has 1 aliphatic heterocycles. The van der Waals surface area contributed by atoms with E-state index >= 15 is 0 Å². The summed E-state index contributed by atoms with van der Waals surface area (Å²) in [4.78, 5) is 28.4. The maximum absolute atomic E-state index is 12.4. The van der Waals surface area contributed by atoms with Crippen LogP contribution in [0.15, 0.2) is 40.5 Å². The number of aryl methyl sites for hydroxylation is 1. The fourth-order valence-corrected chi connectivity index (χ4v) is 3.80. The number of aromatic nitrogens is 1. The number of thiazole rings is 1. The first-order valence-electron chi connectivity index (χ1n) is 8.32. The van der Waals surface area contributed by atoms with Gasteiger partial charge in [0.05, 0.1) is 0 Å². The minimum atomic E-state index is 0.0213. The van der Waals surface area contributed by atoms with Crippen molar-refractivity contribution in [2.75, 3.05) is 26.2 Å². The van der Waals surface area contributed by atoms with Crippen LogP contribution in [0.4, 0.5) is 0 Å². The predicted octanol–water partition coefficient (Wildman–Crippen LogP) is 1.95. The van der Waals surface area contributed by atoms with Crippen molar-refractivity contribution in [2.45, 2.75) is 26.4 Å². The molecule has 1 amide bonds. The van der Waals surface area contributed by atoms with E-state index in [0.29, 0.717) is 13.0 Å². The van der Waals surface area contributed by atoms with Crippen LogP contribution >= 0.6 is 11.3 Å². The lowest BCUT2D eigenvalue weighted by Crippen LogP contribution is -2.48. The second kappa shape index (κ2) is 7.77. The molecule has 6 heteroatoms. The minimum absolute atomic E-state index is 0.0213. The summed E-state index contributed by atoms with van der Waals surface area (Å²) in [5.74, 6) is 0.145. The number of hydrogen-bond donors (Lipinski definition) is 0. The summed E-state index contributed by atoms with van der Waals surface area (Å²) in [6, 6.07) is 10.4. The van der Waals surface area contributed by atoms with Gasteiger partial charge in [0.2, 0.25) is 5.91 Å². The molecule has 2 aromatic rings. The number of nitrogens with zero attached hydrogens (tertiary/aromatic N) is 3. The van der Waals surface area contributed by atoms with E-state index in [-0.39, 0.29) is 10.8 Å². The van der Waals surface area contributed by atoms with Crippen molar-refractivity contribution in [2.24, 2.45) is 0 Å². The molecule has 24 heavy (non-hydrogen) atoms. The molecule has 0 saturated carbocycles. The molecule has 0 N–H and O–H groups in total. The normalized spacial score (nSPS) is 15.6.